The maximum absolute atomic E-state index is 13.5. The minimum absolute atomic E-state index is 0.122. The van der Waals surface area contributed by atoms with Crippen LogP contribution in [0.2, 0.25) is 5.02 Å². The van der Waals surface area contributed by atoms with Crippen molar-refractivity contribution < 1.29 is 18.5 Å². The highest BCUT2D eigenvalue weighted by atomic mass is 35.5. The number of rotatable bonds is 7. The third-order valence-electron chi connectivity index (χ3n) is 5.39. The van der Waals surface area contributed by atoms with Gasteiger partial charge in [-0.15, -0.1) is 0 Å². The number of aryl methyl sites for hydroxylation is 1. The number of benzene rings is 2. The zero-order chi connectivity index (χ0) is 24.2. The number of aromatic nitrogens is 2. The summed E-state index contributed by atoms with van der Waals surface area (Å²) in [6.45, 7) is 4.03. The highest BCUT2D eigenvalue weighted by molar-refractivity contribution is 6.30. The molecule has 2 aromatic heterocycles. The van der Waals surface area contributed by atoms with Crippen LogP contribution < -0.4 is 5.32 Å². The molecule has 2 aromatic carbocycles. The van der Waals surface area contributed by atoms with Crippen LogP contribution in [-0.2, 0) is 11.3 Å². The number of carbonyl (C=O) groups is 2. The molecule has 0 radical (unpaired) electrons. The first-order valence-corrected chi connectivity index (χ1v) is 11.1. The van der Waals surface area contributed by atoms with Gasteiger partial charge in [0.2, 0.25) is 5.91 Å². The quantitative estimate of drug-likeness (QED) is 0.411. The molecule has 0 aliphatic carbocycles. The van der Waals surface area contributed by atoms with Gasteiger partial charge in [0.1, 0.15) is 5.82 Å². The number of nitrogens with one attached hydrogen (secondary N) is 1. The van der Waals surface area contributed by atoms with E-state index in [0.717, 1.165) is 5.56 Å². The molecule has 0 saturated heterocycles. The largest absolute Gasteiger partial charge is 0.350 e. The molecule has 34 heavy (non-hydrogen) atoms. The fourth-order valence-electron chi connectivity index (χ4n) is 3.56. The molecule has 0 bridgehead atoms. The number of halogens is 2. The van der Waals surface area contributed by atoms with Gasteiger partial charge in [-0.25, -0.2) is 9.37 Å². The van der Waals surface area contributed by atoms with Crippen molar-refractivity contribution in [1.29, 1.82) is 0 Å². The lowest BCUT2D eigenvalue weighted by Crippen LogP contribution is -2.40. The van der Waals surface area contributed by atoms with Crippen LogP contribution in [0.25, 0.3) is 22.4 Å². The predicted octanol–water partition coefficient (Wildman–Crippen LogP) is 4.77. The van der Waals surface area contributed by atoms with Crippen molar-refractivity contribution in [1.82, 2.24) is 20.4 Å². The molecule has 1 N–H and O–H groups in total. The van der Waals surface area contributed by atoms with E-state index in [0.29, 0.717) is 46.0 Å². The minimum atomic E-state index is -0.376. The molecule has 0 aliphatic rings. The lowest BCUT2D eigenvalue weighted by atomic mass is 10.0. The number of likely N-dealkylation sites (N-methyl/N-ethyl adjacent to an activating group) is 1. The van der Waals surface area contributed by atoms with Crippen LogP contribution in [0, 0.1) is 12.7 Å². The van der Waals surface area contributed by atoms with Gasteiger partial charge in [0.15, 0.2) is 0 Å². The van der Waals surface area contributed by atoms with Crippen molar-refractivity contribution in [3.05, 3.63) is 82.3 Å². The zero-order valence-corrected chi connectivity index (χ0v) is 19.4. The maximum atomic E-state index is 13.5. The third kappa shape index (κ3) is 5.07. The van der Waals surface area contributed by atoms with E-state index in [4.69, 9.17) is 16.1 Å². The van der Waals surface area contributed by atoms with Gasteiger partial charge >= 0.3 is 0 Å². The number of pyridine rings is 1. The van der Waals surface area contributed by atoms with E-state index in [1.54, 1.807) is 44.2 Å². The predicted molar refractivity (Wildman–Crippen MR) is 127 cm³/mol. The van der Waals surface area contributed by atoms with Crippen LogP contribution in [0.1, 0.15) is 28.5 Å². The summed E-state index contributed by atoms with van der Waals surface area (Å²) in [6.07, 6.45) is 0. The van der Waals surface area contributed by atoms with Crippen molar-refractivity contribution in [2.24, 2.45) is 0 Å². The van der Waals surface area contributed by atoms with Crippen molar-refractivity contribution in [2.45, 2.75) is 20.4 Å². The van der Waals surface area contributed by atoms with Gasteiger partial charge in [0.25, 0.3) is 11.6 Å². The Morgan fingerprint density at radius 3 is 2.50 bits per heavy atom. The van der Waals surface area contributed by atoms with Gasteiger partial charge in [0.05, 0.1) is 28.9 Å². The highest BCUT2D eigenvalue weighted by Crippen LogP contribution is 2.28. The summed E-state index contributed by atoms with van der Waals surface area (Å²) in [5.41, 5.74) is 2.98. The van der Waals surface area contributed by atoms with E-state index in [1.807, 2.05) is 12.1 Å². The summed E-state index contributed by atoms with van der Waals surface area (Å²) < 4.78 is 18.7. The number of fused-ring (bicyclic) bond motifs is 1. The van der Waals surface area contributed by atoms with Crippen LogP contribution in [0.5, 0.6) is 0 Å². The van der Waals surface area contributed by atoms with Gasteiger partial charge in [0, 0.05) is 23.7 Å². The van der Waals surface area contributed by atoms with E-state index in [2.05, 4.69) is 15.5 Å². The van der Waals surface area contributed by atoms with Crippen molar-refractivity contribution in [3.8, 4) is 11.3 Å². The standard InChI is InChI=1S/C25H22ClFN4O3/c1-3-31(14-22(32)28-13-16-4-8-18(26)9-5-16)25(33)20-12-21(17-6-10-19(27)11-7-17)29-24-23(20)15(2)30-34-24/h4-12H,3,13-14H2,1-2H3,(H,28,32). The molecule has 0 atom stereocenters. The van der Waals surface area contributed by atoms with E-state index in [-0.39, 0.29) is 29.9 Å². The van der Waals surface area contributed by atoms with Crippen molar-refractivity contribution in [2.75, 3.05) is 13.1 Å². The molecule has 9 heteroatoms. The molecular weight excluding hydrogens is 459 g/mol. The van der Waals surface area contributed by atoms with Crippen LogP contribution in [0.3, 0.4) is 0 Å². The number of carbonyl (C=O) groups excluding carboxylic acids is 2. The molecule has 0 aliphatic heterocycles. The lowest BCUT2D eigenvalue weighted by Gasteiger charge is -2.21. The monoisotopic (exact) mass is 480 g/mol. The third-order valence-corrected chi connectivity index (χ3v) is 5.65. The molecule has 7 nitrogen and oxygen atoms in total. The van der Waals surface area contributed by atoms with Crippen LogP contribution in [0.4, 0.5) is 4.39 Å². The van der Waals surface area contributed by atoms with Gasteiger partial charge in [-0.1, -0.05) is 28.9 Å². The molecule has 0 spiro atoms. The smallest absolute Gasteiger partial charge is 0.259 e. The van der Waals surface area contributed by atoms with Gasteiger partial charge in [-0.3, -0.25) is 9.59 Å². The summed E-state index contributed by atoms with van der Waals surface area (Å²) in [5, 5.41) is 7.87. The Labute approximate surface area is 200 Å². The van der Waals surface area contributed by atoms with Gasteiger partial charge < -0.3 is 14.7 Å². The zero-order valence-electron chi connectivity index (χ0n) is 18.6. The van der Waals surface area contributed by atoms with E-state index in [1.165, 1.54) is 17.0 Å². The first-order valence-electron chi connectivity index (χ1n) is 10.7. The van der Waals surface area contributed by atoms with Gasteiger partial charge in [-0.2, -0.15) is 0 Å². The van der Waals surface area contributed by atoms with E-state index in [9.17, 15) is 14.0 Å². The molecule has 2 amide bonds. The Bertz CT molecular complexity index is 1340. The number of hydrogen-bond donors (Lipinski definition) is 1. The second kappa shape index (κ2) is 10.0. The summed E-state index contributed by atoms with van der Waals surface area (Å²) in [5.74, 6) is -1.03. The average Bonchev–Trinajstić information content (AvgIpc) is 3.22. The SMILES string of the molecule is CCN(CC(=O)NCc1ccc(Cl)cc1)C(=O)c1cc(-c2ccc(F)cc2)nc2onc(C)c12. The second-order valence-electron chi connectivity index (χ2n) is 7.73. The molecule has 4 rings (SSSR count). The van der Waals surface area contributed by atoms with E-state index < -0.39 is 0 Å². The van der Waals surface area contributed by atoms with Crippen LogP contribution >= 0.6 is 11.6 Å². The molecule has 0 fully saturated rings. The number of hydrogen-bond acceptors (Lipinski definition) is 5. The minimum Gasteiger partial charge on any atom is -0.350 e. The van der Waals surface area contributed by atoms with E-state index >= 15 is 0 Å². The average molecular weight is 481 g/mol. The van der Waals surface area contributed by atoms with Crippen molar-refractivity contribution >= 4 is 34.5 Å². The number of amides is 2. The van der Waals surface area contributed by atoms with Gasteiger partial charge in [-0.05, 0) is 61.9 Å². The second-order valence-corrected chi connectivity index (χ2v) is 8.17. The summed E-state index contributed by atoms with van der Waals surface area (Å²) in [4.78, 5) is 32.0. The summed E-state index contributed by atoms with van der Waals surface area (Å²) >= 11 is 5.89. The first-order chi connectivity index (χ1) is 16.4. The molecule has 174 valence electrons. The van der Waals surface area contributed by atoms with Crippen LogP contribution in [-0.4, -0.2) is 39.9 Å². The summed E-state index contributed by atoms with van der Waals surface area (Å²) in [7, 11) is 0. The molecule has 4 aromatic rings. The summed E-state index contributed by atoms with van der Waals surface area (Å²) in [6, 6.07) is 14.5. The Morgan fingerprint density at radius 2 is 1.82 bits per heavy atom. The Balaban J connectivity index is 1.58. The van der Waals surface area contributed by atoms with Crippen LogP contribution in [0.15, 0.2) is 59.1 Å². The highest BCUT2D eigenvalue weighted by Gasteiger charge is 2.24. The normalized spacial score (nSPS) is 10.9. The van der Waals surface area contributed by atoms with Crippen molar-refractivity contribution in [3.63, 3.8) is 0 Å². The molecule has 0 unspecified atom stereocenters. The lowest BCUT2D eigenvalue weighted by molar-refractivity contribution is -0.121. The Hall–Kier alpha value is -3.78. The first kappa shape index (κ1) is 23.4. The molecular formula is C25H22ClFN4O3. The maximum Gasteiger partial charge on any atom is 0.259 e. The fraction of sp³-hybridized carbons (Fsp3) is 0.200. The molecule has 2 heterocycles. The fourth-order valence-corrected chi connectivity index (χ4v) is 3.69. The topological polar surface area (TPSA) is 88.3 Å². The Morgan fingerprint density at radius 1 is 1.12 bits per heavy atom. The Kier molecular flexibility index (Phi) is 6.88. The number of nitrogens with zero attached hydrogens (tertiary/aromatic N) is 3. The molecule has 0 saturated carbocycles.